The van der Waals surface area contributed by atoms with Crippen LogP contribution in [-0.4, -0.2) is 22.8 Å². The fraction of sp³-hybridized carbons (Fsp3) is 0.200. The summed E-state index contributed by atoms with van der Waals surface area (Å²) in [6.07, 6.45) is 3.55. The number of ether oxygens (including phenoxy) is 1. The first-order valence-electron chi connectivity index (χ1n) is 4.53. The average Bonchev–Trinajstić information content (AvgIpc) is 2.65. The van der Waals surface area contributed by atoms with Crippen molar-refractivity contribution in [1.82, 2.24) is 4.98 Å². The summed E-state index contributed by atoms with van der Waals surface area (Å²) >= 11 is 0. The molecule has 6 nitrogen and oxygen atoms in total. The molecule has 6 heteroatoms. The Balaban J connectivity index is 0.000000165. The normalized spacial score (nSPS) is 13.8. The Morgan fingerprint density at radius 2 is 1.94 bits per heavy atom. The van der Waals surface area contributed by atoms with E-state index >= 15 is 0 Å². The Bertz CT molecular complexity index is 389. The first kappa shape index (κ1) is 11.8. The number of nitrogens with zero attached hydrogens (tertiary/aromatic N) is 1. The Kier molecular flexibility index (Phi) is 4.14. The fourth-order valence-corrected chi connectivity index (χ4v) is 0.942. The highest BCUT2D eigenvalue weighted by Crippen LogP contribution is 2.03. The minimum atomic E-state index is -0.442. The van der Waals surface area contributed by atoms with Gasteiger partial charge in [-0.2, -0.15) is 0 Å². The summed E-state index contributed by atoms with van der Waals surface area (Å²) in [7, 11) is 0. The molecule has 0 aliphatic carbocycles. The molecule has 0 radical (unpaired) electrons. The molecule has 0 aromatic carbocycles. The van der Waals surface area contributed by atoms with Gasteiger partial charge in [-0.25, -0.2) is 0 Å². The lowest BCUT2D eigenvalue weighted by molar-refractivity contribution is -0.151. The number of hydrogen-bond donors (Lipinski definition) is 1. The third-order valence-corrected chi connectivity index (χ3v) is 1.71. The zero-order valence-electron chi connectivity index (χ0n) is 8.38. The molecule has 0 saturated carbocycles. The van der Waals surface area contributed by atoms with E-state index in [1.165, 1.54) is 6.20 Å². The number of primary amides is 1. The van der Waals surface area contributed by atoms with Crippen molar-refractivity contribution in [2.75, 3.05) is 0 Å². The van der Waals surface area contributed by atoms with E-state index in [1.54, 1.807) is 18.3 Å². The summed E-state index contributed by atoms with van der Waals surface area (Å²) in [6.45, 7) is 0. The average molecular weight is 222 g/mol. The first-order chi connectivity index (χ1) is 7.59. The van der Waals surface area contributed by atoms with Crippen molar-refractivity contribution in [2.24, 2.45) is 5.73 Å². The van der Waals surface area contributed by atoms with Crippen LogP contribution in [0.3, 0.4) is 0 Å². The standard InChI is InChI=1S/C6H6N2O.C4H4O3/c7-6(9)5-2-1-3-8-4-5;5-3-1-2-4(6)7-3/h1-4H,(H2,7,9);1-2H2. The zero-order valence-corrected chi connectivity index (χ0v) is 8.38. The second-order valence-electron chi connectivity index (χ2n) is 2.95. The van der Waals surface area contributed by atoms with Gasteiger partial charge in [-0.05, 0) is 12.1 Å². The first-order valence-corrected chi connectivity index (χ1v) is 4.53. The van der Waals surface area contributed by atoms with Crippen LogP contribution in [0.4, 0.5) is 0 Å². The van der Waals surface area contributed by atoms with Gasteiger partial charge in [0, 0.05) is 12.4 Å². The predicted molar refractivity (Wildman–Crippen MR) is 53.1 cm³/mol. The second-order valence-corrected chi connectivity index (χ2v) is 2.95. The third kappa shape index (κ3) is 3.87. The smallest absolute Gasteiger partial charge is 0.314 e. The molecular formula is C10H10N2O4. The van der Waals surface area contributed by atoms with Crippen molar-refractivity contribution in [3.63, 3.8) is 0 Å². The summed E-state index contributed by atoms with van der Waals surface area (Å²) in [5, 5.41) is 0. The van der Waals surface area contributed by atoms with Gasteiger partial charge in [-0.3, -0.25) is 19.4 Å². The Labute approximate surface area is 91.4 Å². The lowest BCUT2D eigenvalue weighted by Crippen LogP contribution is -2.10. The molecule has 84 valence electrons. The van der Waals surface area contributed by atoms with Crippen LogP contribution in [0.5, 0.6) is 0 Å². The van der Waals surface area contributed by atoms with Gasteiger partial charge >= 0.3 is 11.9 Å². The van der Waals surface area contributed by atoms with Gasteiger partial charge in [0.15, 0.2) is 0 Å². The van der Waals surface area contributed by atoms with Crippen LogP contribution in [0.1, 0.15) is 23.2 Å². The van der Waals surface area contributed by atoms with Gasteiger partial charge in [0.25, 0.3) is 0 Å². The number of carbonyl (C=O) groups is 3. The summed E-state index contributed by atoms with van der Waals surface area (Å²) in [6, 6.07) is 3.29. The molecule has 2 rings (SSSR count). The maximum Gasteiger partial charge on any atom is 0.314 e. The van der Waals surface area contributed by atoms with Crippen LogP contribution >= 0.6 is 0 Å². The molecule has 1 aromatic heterocycles. The largest absolute Gasteiger partial charge is 0.393 e. The SMILES string of the molecule is NC(=O)c1cccnc1.O=C1CCC(=O)O1. The Morgan fingerprint density at radius 3 is 2.19 bits per heavy atom. The molecular weight excluding hydrogens is 212 g/mol. The van der Waals surface area contributed by atoms with E-state index in [1.807, 2.05) is 0 Å². The van der Waals surface area contributed by atoms with Gasteiger partial charge in [-0.1, -0.05) is 0 Å². The molecule has 2 heterocycles. The van der Waals surface area contributed by atoms with Crippen LogP contribution in [-0.2, 0) is 14.3 Å². The highest BCUT2D eigenvalue weighted by Gasteiger charge is 2.19. The second kappa shape index (κ2) is 5.59. The van der Waals surface area contributed by atoms with Crippen molar-refractivity contribution in [2.45, 2.75) is 12.8 Å². The summed E-state index contributed by atoms with van der Waals surface area (Å²) in [4.78, 5) is 34.1. The van der Waals surface area contributed by atoms with Crippen LogP contribution < -0.4 is 5.73 Å². The van der Waals surface area contributed by atoms with E-state index in [9.17, 15) is 14.4 Å². The number of nitrogens with two attached hydrogens (primary N) is 1. The number of pyridine rings is 1. The van der Waals surface area contributed by atoms with Gasteiger partial charge < -0.3 is 10.5 Å². The molecule has 1 amide bonds. The number of amides is 1. The lowest BCUT2D eigenvalue weighted by Gasteiger charge is -1.88. The van der Waals surface area contributed by atoms with Crippen LogP contribution in [0.25, 0.3) is 0 Å². The van der Waals surface area contributed by atoms with E-state index in [2.05, 4.69) is 9.72 Å². The van der Waals surface area contributed by atoms with E-state index < -0.39 is 17.8 Å². The number of cyclic esters (lactones) is 2. The number of rotatable bonds is 1. The molecule has 2 N–H and O–H groups in total. The molecule has 0 unspecified atom stereocenters. The zero-order chi connectivity index (χ0) is 12.0. The topological polar surface area (TPSA) is 99.4 Å². The van der Waals surface area contributed by atoms with Crippen molar-refractivity contribution in [3.8, 4) is 0 Å². The van der Waals surface area contributed by atoms with Crippen LogP contribution in [0.2, 0.25) is 0 Å². The quantitative estimate of drug-likeness (QED) is 0.533. The number of carbonyl (C=O) groups excluding carboxylic acids is 3. The fourth-order valence-electron chi connectivity index (χ4n) is 0.942. The number of esters is 2. The molecule has 1 fully saturated rings. The minimum Gasteiger partial charge on any atom is -0.393 e. The van der Waals surface area contributed by atoms with Gasteiger partial charge in [-0.15, -0.1) is 0 Å². The summed E-state index contributed by atoms with van der Waals surface area (Å²) < 4.78 is 4.08. The molecule has 1 aliphatic rings. The monoisotopic (exact) mass is 222 g/mol. The minimum absolute atomic E-state index is 0.263. The van der Waals surface area contributed by atoms with E-state index in [0.717, 1.165) is 0 Å². The molecule has 1 aliphatic heterocycles. The number of hydrogen-bond acceptors (Lipinski definition) is 5. The lowest BCUT2D eigenvalue weighted by atomic mass is 10.3. The molecule has 16 heavy (non-hydrogen) atoms. The van der Waals surface area contributed by atoms with E-state index in [0.29, 0.717) is 5.56 Å². The maximum absolute atomic E-state index is 10.4. The van der Waals surface area contributed by atoms with Crippen molar-refractivity contribution in [3.05, 3.63) is 30.1 Å². The van der Waals surface area contributed by atoms with Gasteiger partial charge in [0.1, 0.15) is 0 Å². The highest BCUT2D eigenvalue weighted by molar-refractivity contribution is 5.92. The molecule has 0 spiro atoms. The molecule has 1 aromatic rings. The van der Waals surface area contributed by atoms with Crippen LogP contribution in [0.15, 0.2) is 24.5 Å². The predicted octanol–water partition coefficient (Wildman–Crippen LogP) is 0.0305. The molecule has 1 saturated heterocycles. The Morgan fingerprint density at radius 1 is 1.31 bits per heavy atom. The third-order valence-electron chi connectivity index (χ3n) is 1.71. The van der Waals surface area contributed by atoms with E-state index in [4.69, 9.17) is 5.73 Å². The number of aromatic nitrogens is 1. The molecule has 0 atom stereocenters. The van der Waals surface area contributed by atoms with Gasteiger partial charge in [0.2, 0.25) is 5.91 Å². The van der Waals surface area contributed by atoms with Crippen molar-refractivity contribution in [1.29, 1.82) is 0 Å². The molecule has 0 bridgehead atoms. The van der Waals surface area contributed by atoms with Crippen molar-refractivity contribution >= 4 is 17.8 Å². The Hall–Kier alpha value is -2.24. The van der Waals surface area contributed by atoms with Crippen LogP contribution in [0, 0.1) is 0 Å². The summed E-state index contributed by atoms with van der Waals surface area (Å²) in [5.74, 6) is -1.24. The van der Waals surface area contributed by atoms with Crippen molar-refractivity contribution < 1.29 is 19.1 Å². The van der Waals surface area contributed by atoms with Gasteiger partial charge in [0.05, 0.1) is 18.4 Å². The highest BCUT2D eigenvalue weighted by atomic mass is 16.6. The van der Waals surface area contributed by atoms with E-state index in [-0.39, 0.29) is 12.8 Å². The summed E-state index contributed by atoms with van der Waals surface area (Å²) in [5.41, 5.74) is 5.38. The maximum atomic E-state index is 10.4.